The fourth-order valence-electron chi connectivity index (χ4n) is 10.2. The maximum atomic E-state index is 2.49. The van der Waals surface area contributed by atoms with Crippen LogP contribution in [0.2, 0.25) is 0 Å². The summed E-state index contributed by atoms with van der Waals surface area (Å²) in [5.41, 5.74) is 23.8. The monoisotopic (exact) mass is 670 g/mol. The van der Waals surface area contributed by atoms with Gasteiger partial charge in [0.1, 0.15) is 0 Å². The molecule has 0 spiro atoms. The van der Waals surface area contributed by atoms with Gasteiger partial charge >= 0.3 is 0 Å². The lowest BCUT2D eigenvalue weighted by atomic mass is 9.80. The van der Waals surface area contributed by atoms with Crippen molar-refractivity contribution in [1.82, 2.24) is 0 Å². The van der Waals surface area contributed by atoms with E-state index in [1.165, 1.54) is 122 Å². The first-order valence-electron chi connectivity index (χ1n) is 18.8. The quantitative estimate of drug-likeness (QED) is 0.175. The van der Waals surface area contributed by atoms with Gasteiger partial charge in [-0.1, -0.05) is 172 Å². The van der Waals surface area contributed by atoms with Crippen molar-refractivity contribution >= 4 is 21.5 Å². The SMILES string of the molecule is CC1(C)c2cc(-c3ccc(-c4ccccc4)c4c3-c3cccc5cccc-4c35)ccc2-c2ccc(-c3ccc4c5c(cccc35)-c3ccccc3-4)cc21. The van der Waals surface area contributed by atoms with Crippen LogP contribution in [-0.4, -0.2) is 0 Å². The molecule has 0 nitrogen and oxygen atoms in total. The number of fused-ring (bicyclic) bond motifs is 9. The van der Waals surface area contributed by atoms with E-state index in [4.69, 9.17) is 0 Å². The van der Waals surface area contributed by atoms with Crippen LogP contribution >= 0.6 is 0 Å². The molecule has 0 unspecified atom stereocenters. The van der Waals surface area contributed by atoms with Gasteiger partial charge in [0.2, 0.25) is 0 Å². The van der Waals surface area contributed by atoms with Gasteiger partial charge in [-0.3, -0.25) is 0 Å². The molecule has 0 saturated carbocycles. The second kappa shape index (κ2) is 10.3. The molecule has 9 aromatic rings. The Labute approximate surface area is 309 Å². The summed E-state index contributed by atoms with van der Waals surface area (Å²) in [6.07, 6.45) is 0. The molecule has 0 fully saturated rings. The molecule has 0 amide bonds. The van der Waals surface area contributed by atoms with Gasteiger partial charge in [0.05, 0.1) is 0 Å². The Morgan fingerprint density at radius 1 is 0.302 bits per heavy atom. The summed E-state index contributed by atoms with van der Waals surface area (Å²) >= 11 is 0. The third-order valence-electron chi connectivity index (χ3n) is 12.6. The van der Waals surface area contributed by atoms with Gasteiger partial charge in [0.15, 0.2) is 0 Å². The first kappa shape index (κ1) is 29.1. The third kappa shape index (κ3) is 3.80. The molecule has 0 saturated heterocycles. The van der Waals surface area contributed by atoms with Crippen LogP contribution < -0.4 is 0 Å². The highest BCUT2D eigenvalue weighted by atomic mass is 14.4. The average molecular weight is 671 g/mol. The lowest BCUT2D eigenvalue weighted by Crippen LogP contribution is -2.15. The summed E-state index contributed by atoms with van der Waals surface area (Å²) in [4.78, 5) is 0. The van der Waals surface area contributed by atoms with Crippen molar-refractivity contribution < 1.29 is 0 Å². The summed E-state index contributed by atoms with van der Waals surface area (Å²) in [6, 6.07) is 63.9. The molecule has 0 N–H and O–H groups in total. The predicted octanol–water partition coefficient (Wildman–Crippen LogP) is 14.6. The van der Waals surface area contributed by atoms with E-state index in [9.17, 15) is 0 Å². The fourth-order valence-corrected chi connectivity index (χ4v) is 10.2. The van der Waals surface area contributed by atoms with Crippen molar-refractivity contribution in [2.24, 2.45) is 0 Å². The predicted molar refractivity (Wildman–Crippen MR) is 224 cm³/mol. The first-order chi connectivity index (χ1) is 26.1. The van der Waals surface area contributed by atoms with Gasteiger partial charge in [-0.15, -0.1) is 0 Å². The minimum absolute atomic E-state index is 0.155. The van der Waals surface area contributed by atoms with E-state index >= 15 is 0 Å². The average Bonchev–Trinajstić information content (AvgIpc) is 3.80. The Morgan fingerprint density at radius 3 is 1.43 bits per heavy atom. The Morgan fingerprint density at radius 2 is 0.774 bits per heavy atom. The second-order valence-electron chi connectivity index (χ2n) is 15.6. The second-order valence-corrected chi connectivity index (χ2v) is 15.6. The number of hydrogen-bond acceptors (Lipinski definition) is 0. The molecular formula is C53H34. The standard InChI is InChI=1S/C53H34/c1-53(2)47-29-33(35-25-28-44-39-16-7-6-15-38(39)43-18-10-17-42(35)50(43)44)21-23-40(47)41-24-22-34(30-48(41)53)37-27-26-36(31-11-4-3-5-12-31)51-45-19-8-13-32-14-9-20-46(49(32)45)52(37)51/h3-30H,1-2H3. The highest BCUT2D eigenvalue weighted by Gasteiger charge is 2.37. The molecule has 12 rings (SSSR count). The fraction of sp³-hybridized carbons (Fsp3) is 0.0566. The summed E-state index contributed by atoms with van der Waals surface area (Å²) in [7, 11) is 0. The van der Waals surface area contributed by atoms with Gasteiger partial charge in [0, 0.05) is 5.41 Å². The van der Waals surface area contributed by atoms with Crippen molar-refractivity contribution in [3.8, 4) is 89.0 Å². The van der Waals surface area contributed by atoms with Crippen LogP contribution in [0.25, 0.3) is 111 Å². The molecule has 0 radical (unpaired) electrons. The maximum absolute atomic E-state index is 2.49. The van der Waals surface area contributed by atoms with Crippen molar-refractivity contribution in [2.75, 3.05) is 0 Å². The molecule has 0 aromatic heterocycles. The van der Waals surface area contributed by atoms with Crippen LogP contribution in [0, 0.1) is 0 Å². The zero-order valence-corrected chi connectivity index (χ0v) is 29.7. The first-order valence-corrected chi connectivity index (χ1v) is 18.8. The van der Waals surface area contributed by atoms with Crippen molar-refractivity contribution in [2.45, 2.75) is 19.3 Å². The molecular weight excluding hydrogens is 637 g/mol. The van der Waals surface area contributed by atoms with Gasteiger partial charge < -0.3 is 0 Å². The molecule has 0 atom stereocenters. The van der Waals surface area contributed by atoms with Gasteiger partial charge in [-0.25, -0.2) is 0 Å². The van der Waals surface area contributed by atoms with E-state index in [1.807, 2.05) is 0 Å². The van der Waals surface area contributed by atoms with Crippen LogP contribution in [-0.2, 0) is 5.41 Å². The summed E-state index contributed by atoms with van der Waals surface area (Å²) in [6.45, 7) is 4.82. The number of benzene rings is 9. The number of hydrogen-bond donors (Lipinski definition) is 0. The summed E-state index contributed by atoms with van der Waals surface area (Å²) in [5.74, 6) is 0. The van der Waals surface area contributed by atoms with Crippen molar-refractivity contribution in [1.29, 1.82) is 0 Å². The van der Waals surface area contributed by atoms with Crippen LogP contribution in [0.4, 0.5) is 0 Å². The van der Waals surface area contributed by atoms with E-state index in [1.54, 1.807) is 0 Å². The van der Waals surface area contributed by atoms with E-state index in [-0.39, 0.29) is 5.41 Å². The Bertz CT molecular complexity index is 3030. The molecule has 246 valence electrons. The van der Waals surface area contributed by atoms with Gasteiger partial charge in [0.25, 0.3) is 0 Å². The maximum Gasteiger partial charge on any atom is 0.0159 e. The van der Waals surface area contributed by atoms with E-state index in [0.29, 0.717) is 0 Å². The molecule has 0 aliphatic heterocycles. The minimum atomic E-state index is -0.155. The van der Waals surface area contributed by atoms with Gasteiger partial charge in [-0.05, 0) is 134 Å². The molecule has 0 heterocycles. The minimum Gasteiger partial charge on any atom is -0.0622 e. The lowest BCUT2D eigenvalue weighted by Gasteiger charge is -2.23. The number of rotatable bonds is 3. The molecule has 0 bridgehead atoms. The smallest absolute Gasteiger partial charge is 0.0159 e. The Hall–Kier alpha value is -6.50. The highest BCUT2D eigenvalue weighted by Crippen LogP contribution is 2.57. The Balaban J connectivity index is 1.01. The lowest BCUT2D eigenvalue weighted by molar-refractivity contribution is 0.661. The molecule has 3 aliphatic rings. The van der Waals surface area contributed by atoms with Crippen LogP contribution in [0.1, 0.15) is 25.0 Å². The van der Waals surface area contributed by atoms with Gasteiger partial charge in [-0.2, -0.15) is 0 Å². The van der Waals surface area contributed by atoms with E-state index < -0.39 is 0 Å². The molecule has 0 heteroatoms. The molecule has 53 heavy (non-hydrogen) atoms. The van der Waals surface area contributed by atoms with Crippen LogP contribution in [0.5, 0.6) is 0 Å². The third-order valence-corrected chi connectivity index (χ3v) is 12.6. The Kier molecular flexibility index (Phi) is 5.66. The highest BCUT2D eigenvalue weighted by molar-refractivity contribution is 6.21. The van der Waals surface area contributed by atoms with Crippen molar-refractivity contribution in [3.63, 3.8) is 0 Å². The zero-order chi connectivity index (χ0) is 35.0. The summed E-state index contributed by atoms with van der Waals surface area (Å²) in [5, 5.41) is 5.37. The topological polar surface area (TPSA) is 0 Å². The summed E-state index contributed by atoms with van der Waals surface area (Å²) < 4.78 is 0. The molecule has 9 aromatic carbocycles. The normalized spacial score (nSPS) is 13.6. The largest absolute Gasteiger partial charge is 0.0622 e. The van der Waals surface area contributed by atoms with Crippen molar-refractivity contribution in [3.05, 3.63) is 181 Å². The zero-order valence-electron chi connectivity index (χ0n) is 29.7. The van der Waals surface area contributed by atoms with Crippen LogP contribution in [0.3, 0.4) is 0 Å². The van der Waals surface area contributed by atoms with Crippen LogP contribution in [0.15, 0.2) is 170 Å². The van der Waals surface area contributed by atoms with E-state index in [0.717, 1.165) is 0 Å². The van der Waals surface area contributed by atoms with E-state index in [2.05, 4.69) is 184 Å². The molecule has 3 aliphatic carbocycles.